The van der Waals surface area contributed by atoms with E-state index in [-0.39, 0.29) is 23.8 Å². The van der Waals surface area contributed by atoms with Crippen LogP contribution in [0, 0.1) is 11.7 Å². The van der Waals surface area contributed by atoms with Crippen LogP contribution >= 0.6 is 0 Å². The number of hydrogen-bond acceptors (Lipinski definition) is 2. The first-order chi connectivity index (χ1) is 13.5. The maximum Gasteiger partial charge on any atom is 0.407 e. The highest BCUT2D eigenvalue weighted by atomic mass is 19.1. The Bertz CT molecular complexity index is 881. The molecule has 3 amide bonds. The van der Waals surface area contributed by atoms with Crippen LogP contribution in [0.25, 0.3) is 0 Å². The molecule has 0 radical (unpaired) electrons. The van der Waals surface area contributed by atoms with E-state index in [1.807, 2.05) is 18.2 Å². The minimum absolute atomic E-state index is 0.140. The zero-order valence-corrected chi connectivity index (χ0v) is 15.3. The van der Waals surface area contributed by atoms with Crippen LogP contribution < -0.4 is 5.32 Å². The van der Waals surface area contributed by atoms with E-state index in [9.17, 15) is 14.0 Å². The van der Waals surface area contributed by atoms with Gasteiger partial charge in [-0.1, -0.05) is 36.4 Å². The lowest BCUT2D eigenvalue weighted by Gasteiger charge is -2.40. The zero-order chi connectivity index (χ0) is 19.7. The van der Waals surface area contributed by atoms with Gasteiger partial charge in [0.1, 0.15) is 5.82 Å². The molecule has 2 aromatic carbocycles. The smallest absolute Gasteiger partial charge is 0.407 e. The molecule has 0 saturated carbocycles. The molecule has 6 nitrogen and oxygen atoms in total. The molecule has 0 unspecified atom stereocenters. The zero-order valence-electron chi connectivity index (χ0n) is 15.3. The molecule has 28 heavy (non-hydrogen) atoms. The summed E-state index contributed by atoms with van der Waals surface area (Å²) in [6.07, 6.45) is -0.163. The molecular formula is C21H22FN3O3. The molecule has 2 aromatic rings. The van der Waals surface area contributed by atoms with Crippen LogP contribution in [-0.2, 0) is 6.42 Å². The van der Waals surface area contributed by atoms with Crippen LogP contribution in [0.3, 0.4) is 0 Å². The number of likely N-dealkylation sites (tertiary alicyclic amines) is 1. The summed E-state index contributed by atoms with van der Waals surface area (Å²) in [5.74, 6) is -0.168. The molecule has 1 fully saturated rings. The third-order valence-electron chi connectivity index (χ3n) is 5.50. The van der Waals surface area contributed by atoms with Gasteiger partial charge >= 0.3 is 12.1 Å². The van der Waals surface area contributed by atoms with E-state index in [1.54, 1.807) is 17.0 Å². The Kier molecular flexibility index (Phi) is 4.90. The number of halogens is 1. The molecule has 7 heteroatoms. The highest BCUT2D eigenvalue weighted by Crippen LogP contribution is 2.35. The highest BCUT2D eigenvalue weighted by molar-refractivity contribution is 5.76. The first kappa shape index (κ1) is 18.3. The fraction of sp³-hybridized carbons (Fsp3) is 0.333. The van der Waals surface area contributed by atoms with Crippen molar-refractivity contribution in [1.82, 2.24) is 15.1 Å². The van der Waals surface area contributed by atoms with Crippen molar-refractivity contribution in [3.8, 4) is 0 Å². The van der Waals surface area contributed by atoms with Crippen LogP contribution in [0.1, 0.15) is 22.7 Å². The van der Waals surface area contributed by atoms with E-state index >= 15 is 0 Å². The van der Waals surface area contributed by atoms with E-state index < -0.39 is 6.09 Å². The second-order valence-electron chi connectivity index (χ2n) is 7.34. The van der Waals surface area contributed by atoms with Gasteiger partial charge < -0.3 is 20.2 Å². The summed E-state index contributed by atoms with van der Waals surface area (Å²) in [5.41, 5.74) is 3.11. The quantitative estimate of drug-likeness (QED) is 0.856. The molecule has 2 aliphatic heterocycles. The average Bonchev–Trinajstić information content (AvgIpc) is 2.66. The standard InChI is InChI=1S/C21H22FN3O3/c22-17-7-5-16(6-8-17)19-18-4-2-1-3-15(18)9-10-25(19)20(26)23-11-14-12-24(13-14)21(27)28/h1-8,14,19H,9-13H2,(H,23,26)(H,27,28)/t19-/m0/s1. The van der Waals surface area contributed by atoms with Crippen LogP contribution in [0.2, 0.25) is 0 Å². The molecule has 2 N–H and O–H groups in total. The molecule has 2 aliphatic rings. The second-order valence-corrected chi connectivity index (χ2v) is 7.34. The number of benzene rings is 2. The van der Waals surface area contributed by atoms with Crippen molar-refractivity contribution in [2.45, 2.75) is 12.5 Å². The SMILES string of the molecule is O=C(O)N1CC(CNC(=O)N2CCc3ccccc3[C@@H]2c2ccc(F)cc2)C1. The maximum absolute atomic E-state index is 13.4. The molecule has 2 heterocycles. The number of rotatable bonds is 3. The van der Waals surface area contributed by atoms with Crippen molar-refractivity contribution in [2.24, 2.45) is 5.92 Å². The van der Waals surface area contributed by atoms with E-state index in [0.29, 0.717) is 26.2 Å². The Morgan fingerprint density at radius 1 is 1.11 bits per heavy atom. The van der Waals surface area contributed by atoms with Gasteiger partial charge in [0, 0.05) is 32.1 Å². The Balaban J connectivity index is 1.51. The lowest BCUT2D eigenvalue weighted by atomic mass is 9.88. The summed E-state index contributed by atoms with van der Waals surface area (Å²) >= 11 is 0. The largest absolute Gasteiger partial charge is 0.465 e. The van der Waals surface area contributed by atoms with Gasteiger partial charge in [-0.2, -0.15) is 0 Å². The number of carbonyl (C=O) groups is 2. The number of amides is 3. The summed E-state index contributed by atoms with van der Waals surface area (Å²) in [6, 6.07) is 13.8. The highest BCUT2D eigenvalue weighted by Gasteiger charge is 2.34. The number of nitrogens with one attached hydrogen (secondary N) is 1. The van der Waals surface area contributed by atoms with Gasteiger partial charge in [-0.15, -0.1) is 0 Å². The van der Waals surface area contributed by atoms with Crippen LogP contribution in [0.4, 0.5) is 14.0 Å². The van der Waals surface area contributed by atoms with Gasteiger partial charge in [-0.3, -0.25) is 0 Å². The van der Waals surface area contributed by atoms with Crippen molar-refractivity contribution >= 4 is 12.1 Å². The Morgan fingerprint density at radius 3 is 2.54 bits per heavy atom. The molecule has 1 atom stereocenters. The van der Waals surface area contributed by atoms with Crippen LogP contribution in [0.5, 0.6) is 0 Å². The van der Waals surface area contributed by atoms with E-state index in [2.05, 4.69) is 11.4 Å². The van der Waals surface area contributed by atoms with Crippen LogP contribution in [0.15, 0.2) is 48.5 Å². The van der Waals surface area contributed by atoms with E-state index in [0.717, 1.165) is 17.5 Å². The third kappa shape index (κ3) is 3.52. The minimum Gasteiger partial charge on any atom is -0.465 e. The molecule has 0 bridgehead atoms. The first-order valence-electron chi connectivity index (χ1n) is 9.38. The second kappa shape index (κ2) is 7.50. The van der Waals surface area contributed by atoms with Gasteiger partial charge in [0.2, 0.25) is 0 Å². The minimum atomic E-state index is -0.924. The summed E-state index contributed by atoms with van der Waals surface area (Å²) in [5, 5.41) is 11.9. The topological polar surface area (TPSA) is 72.9 Å². The monoisotopic (exact) mass is 383 g/mol. The summed E-state index contributed by atoms with van der Waals surface area (Å²) in [4.78, 5) is 26.9. The van der Waals surface area contributed by atoms with Gasteiger partial charge in [-0.25, -0.2) is 14.0 Å². The molecule has 0 aliphatic carbocycles. The van der Waals surface area contributed by atoms with Crippen molar-refractivity contribution in [2.75, 3.05) is 26.2 Å². The van der Waals surface area contributed by atoms with Gasteiger partial charge in [0.15, 0.2) is 0 Å². The Hall–Kier alpha value is -3.09. The van der Waals surface area contributed by atoms with Crippen molar-refractivity contribution in [1.29, 1.82) is 0 Å². The normalized spacial score (nSPS) is 19.0. The van der Waals surface area contributed by atoms with Gasteiger partial charge in [-0.05, 0) is 35.2 Å². The number of nitrogens with zero attached hydrogens (tertiary/aromatic N) is 2. The van der Waals surface area contributed by atoms with Crippen molar-refractivity contribution < 1.29 is 19.1 Å². The third-order valence-corrected chi connectivity index (χ3v) is 5.50. The Labute approximate surface area is 162 Å². The number of urea groups is 1. The van der Waals surface area contributed by atoms with Crippen molar-refractivity contribution in [3.05, 3.63) is 71.0 Å². The van der Waals surface area contributed by atoms with Gasteiger partial charge in [0.25, 0.3) is 0 Å². The van der Waals surface area contributed by atoms with Gasteiger partial charge in [0.05, 0.1) is 6.04 Å². The number of hydrogen-bond donors (Lipinski definition) is 2. The Morgan fingerprint density at radius 2 is 1.82 bits per heavy atom. The lowest BCUT2D eigenvalue weighted by Crippen LogP contribution is -2.55. The summed E-state index contributed by atoms with van der Waals surface area (Å²) < 4.78 is 13.4. The molecule has 1 saturated heterocycles. The molecule has 0 spiro atoms. The fourth-order valence-corrected chi connectivity index (χ4v) is 3.98. The molecular weight excluding hydrogens is 361 g/mol. The predicted molar refractivity (Wildman–Crippen MR) is 102 cm³/mol. The number of carboxylic acid groups (broad SMARTS) is 1. The molecule has 4 rings (SSSR count). The summed E-state index contributed by atoms with van der Waals surface area (Å²) in [7, 11) is 0. The van der Waals surface area contributed by atoms with E-state index in [4.69, 9.17) is 5.11 Å². The lowest BCUT2D eigenvalue weighted by molar-refractivity contribution is 0.0813. The average molecular weight is 383 g/mol. The summed E-state index contributed by atoms with van der Waals surface area (Å²) in [6.45, 7) is 1.90. The number of fused-ring (bicyclic) bond motifs is 1. The number of carbonyl (C=O) groups excluding carboxylic acids is 1. The fourth-order valence-electron chi connectivity index (χ4n) is 3.98. The molecule has 0 aromatic heterocycles. The maximum atomic E-state index is 13.4. The van der Waals surface area contributed by atoms with Crippen LogP contribution in [-0.4, -0.2) is 53.2 Å². The van der Waals surface area contributed by atoms with E-state index in [1.165, 1.54) is 22.6 Å². The van der Waals surface area contributed by atoms with Crippen molar-refractivity contribution in [3.63, 3.8) is 0 Å². The molecule has 146 valence electrons. The first-order valence-corrected chi connectivity index (χ1v) is 9.38. The predicted octanol–water partition coefficient (Wildman–Crippen LogP) is 3.09.